The van der Waals surface area contributed by atoms with E-state index in [1.165, 1.54) is 4.88 Å². The molecule has 0 radical (unpaired) electrons. The highest BCUT2D eigenvalue weighted by Gasteiger charge is 2.46. The van der Waals surface area contributed by atoms with Crippen molar-refractivity contribution >= 4 is 23.2 Å². The SMILES string of the molecule is O=C(O)[C@H]1CN(C(=O)CCc2cccs2)C[C@@H]1C1CC1. The van der Waals surface area contributed by atoms with Crippen LogP contribution in [0.3, 0.4) is 0 Å². The molecular formula is C15H19NO3S. The second-order valence-corrected chi connectivity index (χ2v) is 6.86. The van der Waals surface area contributed by atoms with Gasteiger partial charge in [0.1, 0.15) is 0 Å². The summed E-state index contributed by atoms with van der Waals surface area (Å²) in [6, 6.07) is 4.03. The van der Waals surface area contributed by atoms with Crippen molar-refractivity contribution in [3.63, 3.8) is 0 Å². The molecule has 3 rings (SSSR count). The molecule has 20 heavy (non-hydrogen) atoms. The number of amides is 1. The number of carbonyl (C=O) groups is 2. The van der Waals surface area contributed by atoms with E-state index in [4.69, 9.17) is 0 Å². The van der Waals surface area contributed by atoms with Gasteiger partial charge in [0, 0.05) is 24.4 Å². The van der Waals surface area contributed by atoms with E-state index in [0.717, 1.165) is 19.3 Å². The Morgan fingerprint density at radius 2 is 2.15 bits per heavy atom. The van der Waals surface area contributed by atoms with E-state index in [0.29, 0.717) is 25.4 Å². The summed E-state index contributed by atoms with van der Waals surface area (Å²) in [5.74, 6) is -0.277. The van der Waals surface area contributed by atoms with Crippen molar-refractivity contribution in [2.75, 3.05) is 13.1 Å². The molecule has 0 spiro atoms. The van der Waals surface area contributed by atoms with Crippen LogP contribution in [-0.4, -0.2) is 35.0 Å². The fourth-order valence-corrected chi connectivity index (χ4v) is 3.85. The second-order valence-electron chi connectivity index (χ2n) is 5.82. The van der Waals surface area contributed by atoms with E-state index in [1.54, 1.807) is 16.2 Å². The van der Waals surface area contributed by atoms with E-state index in [9.17, 15) is 14.7 Å². The number of aryl methyl sites for hydroxylation is 1. The van der Waals surface area contributed by atoms with Gasteiger partial charge >= 0.3 is 5.97 Å². The minimum Gasteiger partial charge on any atom is -0.481 e. The number of rotatable bonds is 5. The largest absolute Gasteiger partial charge is 0.481 e. The smallest absolute Gasteiger partial charge is 0.308 e. The molecule has 1 aromatic rings. The average Bonchev–Trinajstić information content (AvgIpc) is 2.97. The summed E-state index contributed by atoms with van der Waals surface area (Å²) in [5, 5.41) is 11.3. The van der Waals surface area contributed by atoms with Crippen LogP contribution in [0.25, 0.3) is 0 Å². The third-order valence-corrected chi connectivity index (χ3v) is 5.36. The van der Waals surface area contributed by atoms with Crippen LogP contribution < -0.4 is 0 Å². The van der Waals surface area contributed by atoms with Crippen molar-refractivity contribution in [3.05, 3.63) is 22.4 Å². The molecule has 1 N–H and O–H groups in total. The van der Waals surface area contributed by atoms with Crippen molar-refractivity contribution in [1.29, 1.82) is 0 Å². The Morgan fingerprint density at radius 1 is 1.35 bits per heavy atom. The van der Waals surface area contributed by atoms with E-state index < -0.39 is 5.97 Å². The van der Waals surface area contributed by atoms with Crippen LogP contribution in [0.4, 0.5) is 0 Å². The molecule has 1 saturated heterocycles. The number of hydrogen-bond donors (Lipinski definition) is 1. The van der Waals surface area contributed by atoms with Crippen molar-refractivity contribution in [3.8, 4) is 0 Å². The molecule has 108 valence electrons. The molecule has 1 aliphatic heterocycles. The Balaban J connectivity index is 1.57. The normalized spacial score (nSPS) is 25.9. The van der Waals surface area contributed by atoms with Gasteiger partial charge in [-0.2, -0.15) is 0 Å². The molecule has 1 aromatic heterocycles. The Kier molecular flexibility index (Phi) is 3.78. The Morgan fingerprint density at radius 3 is 2.75 bits per heavy atom. The Labute approximate surface area is 122 Å². The van der Waals surface area contributed by atoms with Gasteiger partial charge in [0.15, 0.2) is 0 Å². The number of nitrogens with zero attached hydrogens (tertiary/aromatic N) is 1. The van der Waals surface area contributed by atoms with E-state index in [1.807, 2.05) is 17.5 Å². The molecule has 1 amide bonds. The van der Waals surface area contributed by atoms with Crippen molar-refractivity contribution < 1.29 is 14.7 Å². The topological polar surface area (TPSA) is 57.6 Å². The fourth-order valence-electron chi connectivity index (χ4n) is 3.14. The van der Waals surface area contributed by atoms with Gasteiger partial charge in [-0.15, -0.1) is 11.3 Å². The summed E-state index contributed by atoms with van der Waals surface area (Å²) in [5.41, 5.74) is 0. The zero-order valence-corrected chi connectivity index (χ0v) is 12.1. The van der Waals surface area contributed by atoms with Gasteiger partial charge in [0.05, 0.1) is 5.92 Å². The maximum Gasteiger partial charge on any atom is 0.308 e. The molecule has 4 nitrogen and oxygen atoms in total. The van der Waals surface area contributed by atoms with Crippen molar-refractivity contribution in [2.24, 2.45) is 17.8 Å². The maximum atomic E-state index is 12.2. The molecule has 2 heterocycles. The minimum absolute atomic E-state index is 0.104. The monoisotopic (exact) mass is 293 g/mol. The highest BCUT2D eigenvalue weighted by Crippen LogP contribution is 2.44. The molecule has 0 bridgehead atoms. The summed E-state index contributed by atoms with van der Waals surface area (Å²) in [4.78, 5) is 26.5. The number of thiophene rings is 1. The third-order valence-electron chi connectivity index (χ3n) is 4.43. The number of aliphatic carboxylic acids is 1. The van der Waals surface area contributed by atoms with Crippen LogP contribution in [0.5, 0.6) is 0 Å². The van der Waals surface area contributed by atoms with Crippen molar-refractivity contribution in [2.45, 2.75) is 25.7 Å². The lowest BCUT2D eigenvalue weighted by atomic mass is 9.92. The van der Waals surface area contributed by atoms with Gasteiger partial charge in [-0.1, -0.05) is 6.07 Å². The fraction of sp³-hybridized carbons (Fsp3) is 0.600. The summed E-state index contributed by atoms with van der Waals surface area (Å²) in [6.07, 6.45) is 3.51. The number of hydrogen-bond acceptors (Lipinski definition) is 3. The Hall–Kier alpha value is -1.36. The number of carbonyl (C=O) groups excluding carboxylic acids is 1. The first kappa shape index (κ1) is 13.6. The third kappa shape index (κ3) is 2.87. The first-order valence-corrected chi connectivity index (χ1v) is 8.06. The molecular weight excluding hydrogens is 274 g/mol. The van der Waals surface area contributed by atoms with Crippen LogP contribution in [-0.2, 0) is 16.0 Å². The molecule has 2 aliphatic rings. The van der Waals surface area contributed by atoms with Crippen LogP contribution in [0.2, 0.25) is 0 Å². The van der Waals surface area contributed by atoms with Crippen LogP contribution in [0.1, 0.15) is 24.1 Å². The molecule has 0 aromatic carbocycles. The van der Waals surface area contributed by atoms with Crippen LogP contribution in [0, 0.1) is 17.8 Å². The molecule has 2 atom stereocenters. The zero-order chi connectivity index (χ0) is 14.1. The molecule has 2 fully saturated rings. The predicted molar refractivity (Wildman–Crippen MR) is 76.6 cm³/mol. The van der Waals surface area contributed by atoms with Gasteiger partial charge < -0.3 is 10.0 Å². The van der Waals surface area contributed by atoms with Gasteiger partial charge in [-0.05, 0) is 42.5 Å². The maximum absolute atomic E-state index is 12.2. The zero-order valence-electron chi connectivity index (χ0n) is 11.3. The van der Waals surface area contributed by atoms with Crippen molar-refractivity contribution in [1.82, 2.24) is 4.90 Å². The van der Waals surface area contributed by atoms with Gasteiger partial charge in [0.2, 0.25) is 5.91 Å². The highest BCUT2D eigenvalue weighted by molar-refractivity contribution is 7.09. The summed E-state index contributed by atoms with van der Waals surface area (Å²) in [6.45, 7) is 1.05. The van der Waals surface area contributed by atoms with Gasteiger partial charge in [0.25, 0.3) is 0 Å². The molecule has 0 unspecified atom stereocenters. The number of likely N-dealkylation sites (tertiary alicyclic amines) is 1. The summed E-state index contributed by atoms with van der Waals surface area (Å²) >= 11 is 1.66. The van der Waals surface area contributed by atoms with Crippen LogP contribution >= 0.6 is 11.3 Å². The molecule has 5 heteroatoms. The second kappa shape index (κ2) is 5.56. The lowest BCUT2D eigenvalue weighted by molar-refractivity contribution is -0.142. The Bertz CT molecular complexity index is 495. The minimum atomic E-state index is -0.740. The summed E-state index contributed by atoms with van der Waals surface area (Å²) in [7, 11) is 0. The highest BCUT2D eigenvalue weighted by atomic mass is 32.1. The lowest BCUT2D eigenvalue weighted by Gasteiger charge is -2.16. The van der Waals surface area contributed by atoms with E-state index >= 15 is 0 Å². The predicted octanol–water partition coefficient (Wildman–Crippen LogP) is 2.25. The molecule has 1 aliphatic carbocycles. The first-order chi connectivity index (χ1) is 9.65. The summed E-state index contributed by atoms with van der Waals surface area (Å²) < 4.78 is 0. The van der Waals surface area contributed by atoms with Crippen LogP contribution in [0.15, 0.2) is 17.5 Å². The van der Waals surface area contributed by atoms with Gasteiger partial charge in [-0.25, -0.2) is 0 Å². The standard InChI is InChI=1S/C15H19NO3S/c17-14(6-5-11-2-1-7-20-11)16-8-12(10-3-4-10)13(9-16)15(18)19/h1-2,7,10,12-13H,3-6,8-9H2,(H,18,19)/t12-,13+/m1/s1. The molecule has 1 saturated carbocycles. The van der Waals surface area contributed by atoms with E-state index in [-0.39, 0.29) is 17.7 Å². The lowest BCUT2D eigenvalue weighted by Crippen LogP contribution is -2.30. The first-order valence-electron chi connectivity index (χ1n) is 7.18. The van der Waals surface area contributed by atoms with Gasteiger partial charge in [-0.3, -0.25) is 9.59 Å². The number of carboxylic acid groups (broad SMARTS) is 1. The average molecular weight is 293 g/mol. The quantitative estimate of drug-likeness (QED) is 0.906. The number of carboxylic acids is 1. The van der Waals surface area contributed by atoms with E-state index in [2.05, 4.69) is 0 Å².